The monoisotopic (exact) mass is 251 g/mol. The average Bonchev–Trinajstić information content (AvgIpc) is 2.93. The first-order valence-corrected chi connectivity index (χ1v) is 6.89. The molecule has 100 valence electrons. The topological polar surface area (TPSA) is 51.4 Å². The third-order valence-corrected chi connectivity index (χ3v) is 4.36. The van der Waals surface area contributed by atoms with E-state index in [9.17, 15) is 0 Å². The van der Waals surface area contributed by atoms with Crippen molar-refractivity contribution in [1.82, 2.24) is 15.0 Å². The second-order valence-corrected chi connectivity index (χ2v) is 5.37. The molecule has 2 fully saturated rings. The van der Waals surface area contributed by atoms with Crippen molar-refractivity contribution in [2.45, 2.75) is 57.2 Å². The Balaban J connectivity index is 1.71. The molecule has 2 aliphatic rings. The summed E-state index contributed by atoms with van der Waals surface area (Å²) in [6.07, 6.45) is 4.99. The molecule has 0 radical (unpaired) electrons. The minimum absolute atomic E-state index is 0.435. The normalized spacial score (nSPS) is 32.0. The quantitative estimate of drug-likeness (QED) is 0.818. The maximum absolute atomic E-state index is 5.39. The lowest BCUT2D eigenvalue weighted by molar-refractivity contribution is 0.123. The van der Waals surface area contributed by atoms with Gasteiger partial charge in [0.2, 0.25) is 5.89 Å². The Bertz CT molecular complexity index is 393. The van der Waals surface area contributed by atoms with Crippen molar-refractivity contribution in [1.29, 1.82) is 0 Å². The molecule has 2 aliphatic heterocycles. The summed E-state index contributed by atoms with van der Waals surface area (Å²) in [6.45, 7) is 3.86. The average molecular weight is 251 g/mol. The molecule has 5 nitrogen and oxygen atoms in total. The molecule has 2 bridgehead atoms. The van der Waals surface area contributed by atoms with Gasteiger partial charge < -0.3 is 9.26 Å². The van der Waals surface area contributed by atoms with E-state index in [-0.39, 0.29) is 0 Å². The highest BCUT2D eigenvalue weighted by molar-refractivity contribution is 5.04. The van der Waals surface area contributed by atoms with Gasteiger partial charge in [0.25, 0.3) is 0 Å². The van der Waals surface area contributed by atoms with Gasteiger partial charge >= 0.3 is 0 Å². The summed E-state index contributed by atoms with van der Waals surface area (Å²) in [7, 11) is 1.65. The third kappa shape index (κ3) is 2.06. The Kier molecular flexibility index (Phi) is 3.35. The van der Waals surface area contributed by atoms with Gasteiger partial charge in [-0.3, -0.25) is 4.90 Å². The van der Waals surface area contributed by atoms with Crippen LogP contribution in [-0.2, 0) is 11.3 Å². The number of rotatable bonds is 4. The third-order valence-electron chi connectivity index (χ3n) is 4.36. The largest absolute Gasteiger partial charge is 0.377 e. The number of nitrogens with zero attached hydrogens (tertiary/aromatic N) is 3. The predicted octanol–water partition coefficient (Wildman–Crippen LogP) is 1.95. The summed E-state index contributed by atoms with van der Waals surface area (Å²) in [5, 5.41) is 3.97. The van der Waals surface area contributed by atoms with Crippen LogP contribution >= 0.6 is 0 Å². The van der Waals surface area contributed by atoms with Crippen LogP contribution in [0.15, 0.2) is 4.52 Å². The van der Waals surface area contributed by atoms with Crippen LogP contribution in [0.25, 0.3) is 0 Å². The first-order chi connectivity index (χ1) is 8.81. The lowest BCUT2D eigenvalue weighted by atomic mass is 9.90. The second-order valence-electron chi connectivity index (χ2n) is 5.37. The zero-order valence-electron chi connectivity index (χ0n) is 11.1. The lowest BCUT2D eigenvalue weighted by Gasteiger charge is -2.36. The minimum Gasteiger partial charge on any atom is -0.377 e. The zero-order valence-corrected chi connectivity index (χ0v) is 11.1. The van der Waals surface area contributed by atoms with Crippen LogP contribution in [0.3, 0.4) is 0 Å². The van der Waals surface area contributed by atoms with E-state index in [0.717, 1.165) is 18.0 Å². The lowest BCUT2D eigenvalue weighted by Crippen LogP contribution is -2.41. The molecule has 0 amide bonds. The highest BCUT2D eigenvalue weighted by Crippen LogP contribution is 2.42. The molecule has 2 atom stereocenters. The van der Waals surface area contributed by atoms with Gasteiger partial charge in [0.05, 0.1) is 0 Å². The van der Waals surface area contributed by atoms with Crippen LogP contribution in [-0.4, -0.2) is 40.8 Å². The van der Waals surface area contributed by atoms with Crippen molar-refractivity contribution in [3.05, 3.63) is 11.7 Å². The van der Waals surface area contributed by atoms with Gasteiger partial charge in [0.15, 0.2) is 5.82 Å². The number of methoxy groups -OCH3 is 1. The van der Waals surface area contributed by atoms with Gasteiger partial charge in [-0.2, -0.15) is 4.98 Å². The van der Waals surface area contributed by atoms with Crippen molar-refractivity contribution >= 4 is 0 Å². The molecule has 0 spiro atoms. The van der Waals surface area contributed by atoms with Gasteiger partial charge in [-0.1, -0.05) is 12.1 Å². The molecule has 5 heteroatoms. The molecule has 0 N–H and O–H groups in total. The second kappa shape index (κ2) is 4.97. The summed E-state index contributed by atoms with van der Waals surface area (Å²) in [6, 6.07) is 1.44. The van der Waals surface area contributed by atoms with Crippen LogP contribution in [0.5, 0.6) is 0 Å². The summed E-state index contributed by atoms with van der Waals surface area (Å²) in [5.74, 6) is 1.93. The van der Waals surface area contributed by atoms with Crippen molar-refractivity contribution in [2.75, 3.05) is 13.7 Å². The smallest absolute Gasteiger partial charge is 0.229 e. The summed E-state index contributed by atoms with van der Waals surface area (Å²) >= 11 is 0. The Morgan fingerprint density at radius 2 is 2.06 bits per heavy atom. The number of fused-ring (bicyclic) bond motifs is 2. The molecule has 0 aromatic carbocycles. The highest BCUT2D eigenvalue weighted by atomic mass is 16.5. The van der Waals surface area contributed by atoms with E-state index in [1.54, 1.807) is 7.11 Å². The van der Waals surface area contributed by atoms with Crippen LogP contribution in [0, 0.1) is 0 Å². The molecule has 3 rings (SSSR count). The van der Waals surface area contributed by atoms with Crippen molar-refractivity contribution in [3.8, 4) is 0 Å². The number of hydrogen-bond acceptors (Lipinski definition) is 5. The fourth-order valence-electron chi connectivity index (χ4n) is 3.61. The van der Waals surface area contributed by atoms with Gasteiger partial charge in [-0.25, -0.2) is 0 Å². The molecule has 1 aromatic heterocycles. The number of piperidine rings is 1. The fourth-order valence-corrected chi connectivity index (χ4v) is 3.61. The Hall–Kier alpha value is -0.940. The Morgan fingerprint density at radius 3 is 2.67 bits per heavy atom. The Morgan fingerprint density at radius 1 is 1.33 bits per heavy atom. The predicted molar refractivity (Wildman–Crippen MR) is 66.2 cm³/mol. The van der Waals surface area contributed by atoms with E-state index in [1.165, 1.54) is 32.2 Å². The molecule has 1 aromatic rings. The van der Waals surface area contributed by atoms with Crippen LogP contribution in [0.4, 0.5) is 0 Å². The fraction of sp³-hybridized carbons (Fsp3) is 0.846. The van der Waals surface area contributed by atoms with E-state index in [0.29, 0.717) is 18.3 Å². The maximum atomic E-state index is 5.39. The molecule has 0 saturated carbocycles. The molecule has 2 saturated heterocycles. The number of ether oxygens (including phenoxy) is 1. The van der Waals surface area contributed by atoms with Gasteiger partial charge in [0.1, 0.15) is 6.61 Å². The van der Waals surface area contributed by atoms with E-state index in [4.69, 9.17) is 9.26 Å². The molecule has 2 unspecified atom stereocenters. The van der Waals surface area contributed by atoms with Crippen LogP contribution < -0.4 is 0 Å². The molecular weight excluding hydrogens is 230 g/mol. The van der Waals surface area contributed by atoms with Crippen molar-refractivity contribution in [3.63, 3.8) is 0 Å². The van der Waals surface area contributed by atoms with Crippen LogP contribution in [0.1, 0.15) is 50.2 Å². The number of hydrogen-bond donors (Lipinski definition) is 0. The minimum atomic E-state index is 0.435. The summed E-state index contributed by atoms with van der Waals surface area (Å²) < 4.78 is 10.4. The maximum Gasteiger partial charge on any atom is 0.229 e. The first kappa shape index (κ1) is 12.1. The number of aromatic nitrogens is 2. The molecule has 18 heavy (non-hydrogen) atoms. The molecule has 3 heterocycles. The first-order valence-electron chi connectivity index (χ1n) is 6.89. The zero-order chi connectivity index (χ0) is 12.5. The van der Waals surface area contributed by atoms with Crippen LogP contribution in [0.2, 0.25) is 0 Å². The van der Waals surface area contributed by atoms with E-state index in [1.807, 2.05) is 0 Å². The van der Waals surface area contributed by atoms with Crippen molar-refractivity contribution < 1.29 is 9.26 Å². The Labute approximate surface area is 107 Å². The summed E-state index contributed by atoms with van der Waals surface area (Å²) in [5.41, 5.74) is 0. The molecular formula is C13H21N3O2. The van der Waals surface area contributed by atoms with E-state index < -0.39 is 0 Å². The SMILES string of the molecule is CCN1C2CCC1CC(c1nc(COC)no1)C2. The van der Waals surface area contributed by atoms with E-state index >= 15 is 0 Å². The van der Waals surface area contributed by atoms with Gasteiger partial charge in [-0.15, -0.1) is 0 Å². The summed E-state index contributed by atoms with van der Waals surface area (Å²) in [4.78, 5) is 7.09. The van der Waals surface area contributed by atoms with Crippen molar-refractivity contribution in [2.24, 2.45) is 0 Å². The van der Waals surface area contributed by atoms with Gasteiger partial charge in [-0.05, 0) is 32.2 Å². The standard InChI is InChI=1S/C13H21N3O2/c1-3-16-10-4-5-11(16)7-9(6-10)13-14-12(8-17-2)15-18-13/h9-11H,3-8H2,1-2H3. The highest BCUT2D eigenvalue weighted by Gasteiger charge is 2.41. The van der Waals surface area contributed by atoms with E-state index in [2.05, 4.69) is 22.0 Å². The van der Waals surface area contributed by atoms with Gasteiger partial charge in [0, 0.05) is 25.1 Å². The molecule has 0 aliphatic carbocycles.